The van der Waals surface area contributed by atoms with Crippen LogP contribution in [0.5, 0.6) is 0 Å². The number of likely N-dealkylation sites (N-methyl/N-ethyl adjacent to an activating group) is 1. The van der Waals surface area contributed by atoms with E-state index in [1.807, 2.05) is 41.3 Å². The lowest BCUT2D eigenvalue weighted by Crippen LogP contribution is -2.41. The lowest BCUT2D eigenvalue weighted by atomic mass is 10.2. The fourth-order valence-electron chi connectivity index (χ4n) is 3.72. The third-order valence-corrected chi connectivity index (χ3v) is 5.62. The fraction of sp³-hybridized carbons (Fsp3) is 0.435. The Balaban J connectivity index is 1.60. The predicted octanol–water partition coefficient (Wildman–Crippen LogP) is 2.39. The molecule has 2 amide bonds. The molecule has 0 radical (unpaired) electrons. The number of nitrogens with zero attached hydrogens (tertiary/aromatic N) is 4. The second-order valence-corrected chi connectivity index (χ2v) is 7.88. The SMILES string of the molecule is CCN(CCN(Cc1ccncc1)NC)c1ccc(N2C[C@H](CNC(=O)C(F)F)OC2=O)cc1F. The van der Waals surface area contributed by atoms with Crippen molar-refractivity contribution in [2.24, 2.45) is 0 Å². The summed E-state index contributed by atoms with van der Waals surface area (Å²) >= 11 is 0. The number of rotatable bonds is 12. The van der Waals surface area contributed by atoms with Gasteiger partial charge in [0.1, 0.15) is 11.9 Å². The molecule has 1 aliphatic rings. The first kappa shape index (κ1) is 26.2. The number of alkyl halides is 2. The molecule has 35 heavy (non-hydrogen) atoms. The molecule has 1 fully saturated rings. The average Bonchev–Trinajstić information content (AvgIpc) is 3.23. The van der Waals surface area contributed by atoms with E-state index >= 15 is 4.39 Å². The highest BCUT2D eigenvalue weighted by molar-refractivity contribution is 5.90. The molecule has 3 rings (SSSR count). The molecule has 1 aromatic heterocycles. The van der Waals surface area contributed by atoms with E-state index in [4.69, 9.17) is 4.74 Å². The summed E-state index contributed by atoms with van der Waals surface area (Å²) in [5.74, 6) is -1.94. The Kier molecular flexibility index (Phi) is 9.26. The molecule has 1 aromatic carbocycles. The number of amides is 2. The maximum atomic E-state index is 15.1. The van der Waals surface area contributed by atoms with Crippen LogP contribution in [0.25, 0.3) is 0 Å². The molecule has 1 atom stereocenters. The highest BCUT2D eigenvalue weighted by Crippen LogP contribution is 2.28. The van der Waals surface area contributed by atoms with Crippen molar-refractivity contribution in [3.8, 4) is 0 Å². The molecule has 0 spiro atoms. The zero-order valence-corrected chi connectivity index (χ0v) is 19.6. The average molecular weight is 495 g/mol. The van der Waals surface area contributed by atoms with Crippen molar-refractivity contribution in [3.63, 3.8) is 0 Å². The third-order valence-electron chi connectivity index (χ3n) is 5.62. The van der Waals surface area contributed by atoms with Gasteiger partial charge in [-0.15, -0.1) is 0 Å². The molecule has 0 bridgehead atoms. The molecule has 0 unspecified atom stereocenters. The van der Waals surface area contributed by atoms with E-state index < -0.39 is 30.3 Å². The van der Waals surface area contributed by atoms with Gasteiger partial charge in [-0.05, 0) is 49.9 Å². The Labute approximate surface area is 201 Å². The molecule has 9 nitrogen and oxygen atoms in total. The van der Waals surface area contributed by atoms with E-state index in [0.717, 1.165) is 5.56 Å². The van der Waals surface area contributed by atoms with Gasteiger partial charge in [0.15, 0.2) is 0 Å². The second kappa shape index (κ2) is 12.4. The van der Waals surface area contributed by atoms with E-state index in [1.54, 1.807) is 24.5 Å². The van der Waals surface area contributed by atoms with Gasteiger partial charge in [0, 0.05) is 38.6 Å². The lowest BCUT2D eigenvalue weighted by molar-refractivity contribution is -0.132. The van der Waals surface area contributed by atoms with Crippen LogP contribution >= 0.6 is 0 Å². The summed E-state index contributed by atoms with van der Waals surface area (Å²) in [6.07, 6.45) is -1.23. The van der Waals surface area contributed by atoms with Crippen molar-refractivity contribution in [1.82, 2.24) is 20.7 Å². The first-order chi connectivity index (χ1) is 16.8. The van der Waals surface area contributed by atoms with E-state index in [9.17, 15) is 18.4 Å². The van der Waals surface area contributed by atoms with Gasteiger partial charge < -0.3 is 15.0 Å². The minimum atomic E-state index is -3.15. The number of halogens is 3. The number of aromatic nitrogens is 1. The quantitative estimate of drug-likeness (QED) is 0.438. The number of benzene rings is 1. The number of ether oxygens (including phenoxy) is 1. The van der Waals surface area contributed by atoms with Crippen molar-refractivity contribution >= 4 is 23.4 Å². The summed E-state index contributed by atoms with van der Waals surface area (Å²) in [5.41, 5.74) is 4.91. The van der Waals surface area contributed by atoms with E-state index in [2.05, 4.69) is 10.4 Å². The number of carbonyl (C=O) groups is 2. The number of carbonyl (C=O) groups excluding carboxylic acids is 2. The van der Waals surface area contributed by atoms with Crippen molar-refractivity contribution in [2.45, 2.75) is 26.0 Å². The Morgan fingerprint density at radius 1 is 1.26 bits per heavy atom. The number of hydrogen-bond donors (Lipinski definition) is 2. The highest BCUT2D eigenvalue weighted by Gasteiger charge is 2.33. The van der Waals surface area contributed by atoms with Crippen LogP contribution in [0.4, 0.5) is 29.3 Å². The van der Waals surface area contributed by atoms with Gasteiger partial charge in [0.2, 0.25) is 0 Å². The summed E-state index contributed by atoms with van der Waals surface area (Å²) in [6, 6.07) is 8.31. The first-order valence-electron chi connectivity index (χ1n) is 11.2. The number of hydrogen-bond acceptors (Lipinski definition) is 7. The summed E-state index contributed by atoms with van der Waals surface area (Å²) in [7, 11) is 1.83. The standard InChI is InChI=1S/C23H29F3N6O3/c1-3-30(10-11-31(27-2)14-16-6-8-28-9-7-16)20-5-4-17(12-19(20)24)32-15-18(35-23(32)34)13-29-22(33)21(25)26/h4-9,12,18,21,27H,3,10-11,13-15H2,1-2H3,(H,29,33)/t18-/m0/s1. The summed E-state index contributed by atoms with van der Waals surface area (Å²) in [5, 5.41) is 4.03. The molecular weight excluding hydrogens is 465 g/mol. The monoisotopic (exact) mass is 494 g/mol. The zero-order chi connectivity index (χ0) is 25.4. The Morgan fingerprint density at radius 3 is 2.63 bits per heavy atom. The molecule has 0 aliphatic carbocycles. The van der Waals surface area contributed by atoms with E-state index in [1.165, 1.54) is 11.0 Å². The lowest BCUT2D eigenvalue weighted by Gasteiger charge is -2.28. The highest BCUT2D eigenvalue weighted by atomic mass is 19.3. The maximum Gasteiger partial charge on any atom is 0.414 e. The smallest absolute Gasteiger partial charge is 0.414 e. The molecule has 2 aromatic rings. The zero-order valence-electron chi connectivity index (χ0n) is 19.6. The van der Waals surface area contributed by atoms with Crippen LogP contribution in [-0.2, 0) is 16.1 Å². The predicted molar refractivity (Wildman–Crippen MR) is 125 cm³/mol. The van der Waals surface area contributed by atoms with E-state index in [-0.39, 0.29) is 18.8 Å². The number of pyridine rings is 1. The van der Waals surface area contributed by atoms with Crippen LogP contribution in [0.2, 0.25) is 0 Å². The Morgan fingerprint density at radius 2 is 2.00 bits per heavy atom. The van der Waals surface area contributed by atoms with Gasteiger partial charge in [-0.2, -0.15) is 8.78 Å². The van der Waals surface area contributed by atoms with Crippen molar-refractivity contribution in [1.29, 1.82) is 0 Å². The number of hydrazine groups is 1. The molecule has 1 saturated heterocycles. The molecule has 2 N–H and O–H groups in total. The van der Waals surface area contributed by atoms with Gasteiger partial charge in [0.25, 0.3) is 5.91 Å². The minimum Gasteiger partial charge on any atom is -0.442 e. The number of cyclic esters (lactones) is 1. The van der Waals surface area contributed by atoms with E-state index in [0.29, 0.717) is 31.9 Å². The van der Waals surface area contributed by atoms with Gasteiger partial charge >= 0.3 is 12.5 Å². The van der Waals surface area contributed by atoms with Crippen LogP contribution in [0, 0.1) is 5.82 Å². The van der Waals surface area contributed by atoms with Crippen LogP contribution in [0.3, 0.4) is 0 Å². The van der Waals surface area contributed by atoms with Crippen molar-refractivity contribution in [2.75, 3.05) is 49.6 Å². The van der Waals surface area contributed by atoms with Gasteiger partial charge in [0.05, 0.1) is 24.5 Å². The van der Waals surface area contributed by atoms with Crippen molar-refractivity contribution in [3.05, 3.63) is 54.1 Å². The largest absolute Gasteiger partial charge is 0.442 e. The van der Waals surface area contributed by atoms with Crippen molar-refractivity contribution < 1.29 is 27.5 Å². The number of anilines is 2. The van der Waals surface area contributed by atoms with Crippen LogP contribution in [0.15, 0.2) is 42.7 Å². The van der Waals surface area contributed by atoms with Crippen LogP contribution < -0.4 is 20.5 Å². The minimum absolute atomic E-state index is 0.00473. The van der Waals surface area contributed by atoms with Crippen LogP contribution in [-0.4, -0.2) is 74.3 Å². The third kappa shape index (κ3) is 7.06. The molecule has 2 heterocycles. The molecule has 190 valence electrons. The summed E-state index contributed by atoms with van der Waals surface area (Å²) in [6.45, 7) is 4.08. The summed E-state index contributed by atoms with van der Waals surface area (Å²) < 4.78 is 44.8. The first-order valence-corrected chi connectivity index (χ1v) is 11.2. The van der Waals surface area contributed by atoms with Gasteiger partial charge in [-0.1, -0.05) is 0 Å². The fourth-order valence-corrected chi connectivity index (χ4v) is 3.72. The Bertz CT molecular complexity index is 998. The normalized spacial score (nSPS) is 15.6. The second-order valence-electron chi connectivity index (χ2n) is 7.88. The van der Waals surface area contributed by atoms with Gasteiger partial charge in [-0.3, -0.25) is 20.1 Å². The van der Waals surface area contributed by atoms with Gasteiger partial charge in [-0.25, -0.2) is 14.2 Å². The molecule has 1 aliphatic heterocycles. The summed E-state index contributed by atoms with van der Waals surface area (Å²) in [4.78, 5) is 30.4. The van der Waals surface area contributed by atoms with Crippen LogP contribution in [0.1, 0.15) is 12.5 Å². The Hall–Kier alpha value is -3.38. The maximum absolute atomic E-state index is 15.1. The topological polar surface area (TPSA) is 90.0 Å². The number of nitrogens with one attached hydrogen (secondary N) is 2. The molecule has 12 heteroatoms. The molecular formula is C23H29F3N6O3. The molecule has 0 saturated carbocycles.